The average molecular weight is 267 g/mol. The van der Waals surface area contributed by atoms with Gasteiger partial charge in [0.15, 0.2) is 5.78 Å². The summed E-state index contributed by atoms with van der Waals surface area (Å²) in [7, 11) is -3.31. The first-order valence-electron chi connectivity index (χ1n) is 5.62. The SMILES string of the molecule is CCOP1(=O)NC(=O)c2cc(C(C)=O)cc(C)c21. The van der Waals surface area contributed by atoms with Gasteiger partial charge >= 0.3 is 7.52 Å². The van der Waals surface area contributed by atoms with Gasteiger partial charge < -0.3 is 4.52 Å². The van der Waals surface area contributed by atoms with Crippen LogP contribution in [0.5, 0.6) is 0 Å². The maximum Gasteiger partial charge on any atom is 0.327 e. The molecule has 0 saturated heterocycles. The van der Waals surface area contributed by atoms with E-state index in [1.54, 1.807) is 19.9 Å². The fourth-order valence-corrected chi connectivity index (χ4v) is 4.14. The lowest BCUT2D eigenvalue weighted by atomic mass is 10.0. The summed E-state index contributed by atoms with van der Waals surface area (Å²) in [6.07, 6.45) is 0. The van der Waals surface area contributed by atoms with Crippen molar-refractivity contribution in [3.05, 3.63) is 28.8 Å². The van der Waals surface area contributed by atoms with Gasteiger partial charge in [0.1, 0.15) is 0 Å². The highest BCUT2D eigenvalue weighted by Gasteiger charge is 2.41. The summed E-state index contributed by atoms with van der Waals surface area (Å²) in [5.41, 5.74) is 1.34. The van der Waals surface area contributed by atoms with Gasteiger partial charge in [-0.3, -0.25) is 19.2 Å². The van der Waals surface area contributed by atoms with Crippen molar-refractivity contribution in [1.82, 2.24) is 5.09 Å². The smallest absolute Gasteiger partial charge is 0.310 e. The number of amides is 1. The molecule has 1 aliphatic heterocycles. The van der Waals surface area contributed by atoms with Crippen molar-refractivity contribution >= 4 is 24.5 Å². The molecule has 18 heavy (non-hydrogen) atoms. The third-order valence-corrected chi connectivity index (χ3v) is 5.11. The number of carbonyl (C=O) groups excluding carboxylic acids is 2. The number of fused-ring (bicyclic) bond motifs is 1. The van der Waals surface area contributed by atoms with Crippen molar-refractivity contribution in [2.24, 2.45) is 0 Å². The molecule has 0 fully saturated rings. The van der Waals surface area contributed by atoms with E-state index in [2.05, 4.69) is 5.09 Å². The number of aryl methyl sites for hydroxylation is 1. The van der Waals surface area contributed by atoms with Crippen LogP contribution in [-0.4, -0.2) is 18.3 Å². The molecule has 1 heterocycles. The molecule has 1 amide bonds. The van der Waals surface area contributed by atoms with Gasteiger partial charge in [0.05, 0.1) is 17.5 Å². The van der Waals surface area contributed by atoms with E-state index in [4.69, 9.17) is 4.52 Å². The second-order valence-electron chi connectivity index (χ2n) is 4.16. The van der Waals surface area contributed by atoms with Crippen LogP contribution in [0.2, 0.25) is 0 Å². The molecule has 0 spiro atoms. The first-order chi connectivity index (χ1) is 8.39. The Kier molecular flexibility index (Phi) is 3.13. The van der Waals surface area contributed by atoms with Crippen LogP contribution in [0.15, 0.2) is 12.1 Å². The molecule has 2 rings (SSSR count). The molecule has 0 aromatic heterocycles. The fraction of sp³-hybridized carbons (Fsp3) is 0.333. The molecule has 0 saturated carbocycles. The van der Waals surface area contributed by atoms with Crippen LogP contribution < -0.4 is 10.4 Å². The van der Waals surface area contributed by atoms with Gasteiger partial charge in [0, 0.05) is 5.56 Å². The third kappa shape index (κ3) is 1.89. The van der Waals surface area contributed by atoms with Crippen molar-refractivity contribution in [1.29, 1.82) is 0 Å². The molecule has 0 bridgehead atoms. The van der Waals surface area contributed by atoms with Crippen molar-refractivity contribution in [2.45, 2.75) is 20.8 Å². The molecular weight excluding hydrogens is 253 g/mol. The van der Waals surface area contributed by atoms with Gasteiger partial charge in [-0.25, -0.2) is 0 Å². The fourth-order valence-electron chi connectivity index (χ4n) is 2.08. The number of Topliss-reactive ketones (excluding diaryl/α,β-unsaturated/α-hetero) is 1. The Bertz CT molecular complexity index is 594. The predicted molar refractivity (Wildman–Crippen MR) is 67.5 cm³/mol. The summed E-state index contributed by atoms with van der Waals surface area (Å²) >= 11 is 0. The number of ketones is 1. The maximum absolute atomic E-state index is 12.5. The zero-order chi connectivity index (χ0) is 13.5. The van der Waals surface area contributed by atoms with E-state index in [1.807, 2.05) is 0 Å². The minimum absolute atomic E-state index is 0.133. The molecule has 5 nitrogen and oxygen atoms in total. The van der Waals surface area contributed by atoms with E-state index in [-0.39, 0.29) is 18.0 Å². The van der Waals surface area contributed by atoms with Gasteiger partial charge in [0.25, 0.3) is 5.91 Å². The number of benzene rings is 1. The molecule has 1 N–H and O–H groups in total. The Morgan fingerprint density at radius 2 is 2.11 bits per heavy atom. The Morgan fingerprint density at radius 3 is 2.67 bits per heavy atom. The Balaban J connectivity index is 2.67. The predicted octanol–water partition coefficient (Wildman–Crippen LogP) is 1.80. The quantitative estimate of drug-likeness (QED) is 0.669. The highest BCUT2D eigenvalue weighted by Crippen LogP contribution is 2.47. The number of rotatable bonds is 3. The van der Waals surface area contributed by atoms with Crippen LogP contribution >= 0.6 is 7.52 Å². The third-order valence-electron chi connectivity index (χ3n) is 2.81. The molecule has 1 aromatic rings. The lowest BCUT2D eigenvalue weighted by Crippen LogP contribution is -2.15. The molecule has 1 aliphatic rings. The van der Waals surface area contributed by atoms with E-state index < -0.39 is 13.4 Å². The minimum atomic E-state index is -3.31. The van der Waals surface area contributed by atoms with Crippen LogP contribution in [0.1, 0.15) is 40.1 Å². The molecule has 96 valence electrons. The highest BCUT2D eigenvalue weighted by atomic mass is 31.2. The molecule has 0 aliphatic carbocycles. The molecule has 0 radical (unpaired) electrons. The summed E-state index contributed by atoms with van der Waals surface area (Å²) in [5.74, 6) is -0.583. The van der Waals surface area contributed by atoms with Crippen molar-refractivity contribution < 1.29 is 18.7 Å². The van der Waals surface area contributed by atoms with Crippen molar-refractivity contribution in [3.63, 3.8) is 0 Å². The Hall–Kier alpha value is -1.45. The maximum atomic E-state index is 12.5. The van der Waals surface area contributed by atoms with Crippen molar-refractivity contribution in [3.8, 4) is 0 Å². The van der Waals surface area contributed by atoms with E-state index in [0.29, 0.717) is 16.4 Å². The summed E-state index contributed by atoms with van der Waals surface area (Å²) in [6, 6.07) is 3.10. The van der Waals surface area contributed by atoms with Crippen molar-refractivity contribution in [2.75, 3.05) is 6.61 Å². The second-order valence-corrected chi connectivity index (χ2v) is 6.19. The van der Waals surface area contributed by atoms with E-state index in [1.165, 1.54) is 13.0 Å². The van der Waals surface area contributed by atoms with Crippen LogP contribution in [0, 0.1) is 6.92 Å². The normalized spacial score (nSPS) is 21.6. The van der Waals surface area contributed by atoms with Crippen LogP contribution in [-0.2, 0) is 9.09 Å². The number of hydrogen-bond donors (Lipinski definition) is 1. The van der Waals surface area contributed by atoms with Crippen LogP contribution in [0.4, 0.5) is 0 Å². The molecule has 1 atom stereocenters. The largest absolute Gasteiger partial charge is 0.327 e. The molecular formula is C12H14NO4P. The summed E-state index contributed by atoms with van der Waals surface area (Å²) < 4.78 is 17.7. The summed E-state index contributed by atoms with van der Waals surface area (Å²) in [4.78, 5) is 23.2. The van der Waals surface area contributed by atoms with Gasteiger partial charge in [-0.2, -0.15) is 0 Å². The monoisotopic (exact) mass is 267 g/mol. The topological polar surface area (TPSA) is 72.5 Å². The zero-order valence-electron chi connectivity index (χ0n) is 10.4. The second kappa shape index (κ2) is 4.34. The van der Waals surface area contributed by atoms with E-state index in [9.17, 15) is 14.2 Å². The molecule has 1 aromatic carbocycles. The van der Waals surface area contributed by atoms with Gasteiger partial charge in [-0.15, -0.1) is 0 Å². The number of carbonyl (C=O) groups is 2. The van der Waals surface area contributed by atoms with Gasteiger partial charge in [0.2, 0.25) is 0 Å². The average Bonchev–Trinajstić information content (AvgIpc) is 2.51. The van der Waals surface area contributed by atoms with Gasteiger partial charge in [-0.1, -0.05) is 0 Å². The highest BCUT2D eigenvalue weighted by molar-refractivity contribution is 7.67. The number of hydrogen-bond acceptors (Lipinski definition) is 4. The number of nitrogens with one attached hydrogen (secondary N) is 1. The van der Waals surface area contributed by atoms with Crippen LogP contribution in [0.3, 0.4) is 0 Å². The lowest BCUT2D eigenvalue weighted by Gasteiger charge is -2.14. The Labute approximate surface area is 105 Å². The lowest BCUT2D eigenvalue weighted by molar-refractivity contribution is 0.0982. The van der Waals surface area contributed by atoms with E-state index >= 15 is 0 Å². The van der Waals surface area contributed by atoms with E-state index in [0.717, 1.165) is 0 Å². The molecule has 6 heteroatoms. The minimum Gasteiger partial charge on any atom is -0.310 e. The Morgan fingerprint density at radius 1 is 1.44 bits per heavy atom. The zero-order valence-corrected chi connectivity index (χ0v) is 11.3. The standard InChI is InChI=1S/C12H14NO4P/c1-4-17-18(16)11-7(2)5-9(8(3)14)6-10(11)12(15)13-18/h5-6H,4H2,1-3H3,(H,13,15,16). The summed E-state index contributed by atoms with van der Waals surface area (Å²) in [5, 5.41) is 2.77. The molecule has 1 unspecified atom stereocenters. The van der Waals surface area contributed by atoms with Crippen LogP contribution in [0.25, 0.3) is 0 Å². The first-order valence-corrected chi connectivity index (χ1v) is 7.25. The first kappa shape index (κ1) is 13.0. The summed E-state index contributed by atoms with van der Waals surface area (Å²) in [6.45, 7) is 5.10. The van der Waals surface area contributed by atoms with Gasteiger partial charge in [-0.05, 0) is 38.5 Å².